The lowest BCUT2D eigenvalue weighted by Crippen LogP contribution is -2.39. The smallest absolute Gasteiger partial charge is 0.171 e. The second-order valence-electron chi connectivity index (χ2n) is 5.58. The SMILES string of the molecule is CCCn1ccnc1CC(=O)C1(O)CCCCCC1. The number of imidazole rings is 1. The molecule has 1 aromatic heterocycles. The average Bonchev–Trinajstić information content (AvgIpc) is 2.69. The fourth-order valence-corrected chi connectivity index (χ4v) is 2.85. The monoisotopic (exact) mass is 264 g/mol. The van der Waals surface area contributed by atoms with Crippen LogP contribution in [-0.4, -0.2) is 26.0 Å². The molecule has 1 fully saturated rings. The second-order valence-corrected chi connectivity index (χ2v) is 5.58. The molecule has 0 radical (unpaired) electrons. The maximum atomic E-state index is 12.4. The molecule has 0 amide bonds. The highest BCUT2D eigenvalue weighted by atomic mass is 16.3. The molecular weight excluding hydrogens is 240 g/mol. The van der Waals surface area contributed by atoms with Crippen LogP contribution in [0.5, 0.6) is 0 Å². The molecule has 1 heterocycles. The van der Waals surface area contributed by atoms with Gasteiger partial charge in [0.25, 0.3) is 0 Å². The van der Waals surface area contributed by atoms with Crippen molar-refractivity contribution in [1.82, 2.24) is 9.55 Å². The molecule has 1 saturated carbocycles. The van der Waals surface area contributed by atoms with Crippen LogP contribution in [0.2, 0.25) is 0 Å². The molecule has 4 nitrogen and oxygen atoms in total. The molecule has 106 valence electrons. The maximum Gasteiger partial charge on any atom is 0.171 e. The van der Waals surface area contributed by atoms with E-state index in [2.05, 4.69) is 11.9 Å². The van der Waals surface area contributed by atoms with E-state index in [0.717, 1.165) is 44.5 Å². The van der Waals surface area contributed by atoms with Gasteiger partial charge in [0.2, 0.25) is 0 Å². The predicted octanol–water partition coefficient (Wildman–Crippen LogP) is 2.49. The van der Waals surface area contributed by atoms with Crippen LogP contribution in [0.25, 0.3) is 0 Å². The summed E-state index contributed by atoms with van der Waals surface area (Å²) in [5, 5.41) is 10.6. The van der Waals surface area contributed by atoms with E-state index in [1.807, 2.05) is 10.8 Å². The highest BCUT2D eigenvalue weighted by Crippen LogP contribution is 2.28. The number of hydrogen-bond donors (Lipinski definition) is 1. The minimum absolute atomic E-state index is 0.0575. The van der Waals surface area contributed by atoms with Crippen molar-refractivity contribution in [1.29, 1.82) is 0 Å². The van der Waals surface area contributed by atoms with Crippen LogP contribution in [0.15, 0.2) is 12.4 Å². The van der Waals surface area contributed by atoms with Crippen LogP contribution in [0, 0.1) is 0 Å². The Balaban J connectivity index is 2.04. The van der Waals surface area contributed by atoms with Gasteiger partial charge in [-0.05, 0) is 19.3 Å². The Morgan fingerprint density at radius 1 is 1.37 bits per heavy atom. The van der Waals surface area contributed by atoms with Crippen molar-refractivity contribution in [3.05, 3.63) is 18.2 Å². The van der Waals surface area contributed by atoms with Gasteiger partial charge in [-0.15, -0.1) is 0 Å². The van der Waals surface area contributed by atoms with Crippen LogP contribution in [-0.2, 0) is 17.8 Å². The Labute approximate surface area is 114 Å². The molecule has 1 aromatic rings. The van der Waals surface area contributed by atoms with Crippen molar-refractivity contribution < 1.29 is 9.90 Å². The van der Waals surface area contributed by atoms with Crippen molar-refractivity contribution in [2.75, 3.05) is 0 Å². The number of nitrogens with zero attached hydrogens (tertiary/aromatic N) is 2. The van der Waals surface area contributed by atoms with Gasteiger partial charge >= 0.3 is 0 Å². The van der Waals surface area contributed by atoms with Gasteiger partial charge in [0.1, 0.15) is 11.4 Å². The summed E-state index contributed by atoms with van der Waals surface area (Å²) in [4.78, 5) is 16.6. The number of aromatic nitrogens is 2. The summed E-state index contributed by atoms with van der Waals surface area (Å²) < 4.78 is 2.01. The summed E-state index contributed by atoms with van der Waals surface area (Å²) in [5.74, 6) is 0.725. The molecule has 1 N–H and O–H groups in total. The zero-order valence-electron chi connectivity index (χ0n) is 11.8. The van der Waals surface area contributed by atoms with Gasteiger partial charge in [0.05, 0.1) is 6.42 Å². The molecule has 4 heteroatoms. The van der Waals surface area contributed by atoms with Crippen LogP contribution in [0.4, 0.5) is 0 Å². The lowest BCUT2D eigenvalue weighted by Gasteiger charge is -2.24. The molecule has 0 aromatic carbocycles. The summed E-state index contributed by atoms with van der Waals surface area (Å²) in [7, 11) is 0. The van der Waals surface area contributed by atoms with Crippen molar-refractivity contribution in [2.24, 2.45) is 0 Å². The minimum atomic E-state index is -1.11. The standard InChI is InChI=1S/C15H24N2O2/c1-2-10-17-11-9-16-14(17)12-13(18)15(19)7-5-3-4-6-8-15/h9,11,19H,2-8,10,12H2,1H3. The fourth-order valence-electron chi connectivity index (χ4n) is 2.85. The molecule has 19 heavy (non-hydrogen) atoms. The number of Topliss-reactive ketones (excluding diaryl/α,β-unsaturated/α-hetero) is 1. The van der Waals surface area contributed by atoms with E-state index in [4.69, 9.17) is 0 Å². The van der Waals surface area contributed by atoms with E-state index >= 15 is 0 Å². The fraction of sp³-hybridized carbons (Fsp3) is 0.733. The van der Waals surface area contributed by atoms with Crippen LogP contribution < -0.4 is 0 Å². The Morgan fingerprint density at radius 2 is 2.05 bits per heavy atom. The van der Waals surface area contributed by atoms with Gasteiger partial charge in [-0.1, -0.05) is 32.6 Å². The number of carbonyl (C=O) groups excluding carboxylic acids is 1. The largest absolute Gasteiger partial charge is 0.382 e. The number of aryl methyl sites for hydroxylation is 1. The number of hydrogen-bond acceptors (Lipinski definition) is 3. The van der Waals surface area contributed by atoms with Crippen LogP contribution >= 0.6 is 0 Å². The van der Waals surface area contributed by atoms with Gasteiger partial charge in [0.15, 0.2) is 5.78 Å². The number of ketones is 1. The van der Waals surface area contributed by atoms with Gasteiger partial charge in [-0.2, -0.15) is 0 Å². The molecule has 0 bridgehead atoms. The predicted molar refractivity (Wildman–Crippen MR) is 73.9 cm³/mol. The number of aliphatic hydroxyl groups is 1. The third-order valence-electron chi connectivity index (χ3n) is 4.03. The third kappa shape index (κ3) is 3.44. The molecule has 0 spiro atoms. The van der Waals surface area contributed by atoms with Gasteiger partial charge in [0, 0.05) is 18.9 Å². The molecule has 0 unspecified atom stereocenters. The lowest BCUT2D eigenvalue weighted by atomic mass is 9.88. The highest BCUT2D eigenvalue weighted by Gasteiger charge is 2.36. The molecular formula is C15H24N2O2. The zero-order chi connectivity index (χ0) is 13.7. The summed E-state index contributed by atoms with van der Waals surface area (Å²) in [5.41, 5.74) is -1.11. The van der Waals surface area contributed by atoms with Crippen molar-refractivity contribution in [3.8, 4) is 0 Å². The number of carbonyl (C=O) groups is 1. The first-order chi connectivity index (χ1) is 9.15. The average molecular weight is 264 g/mol. The highest BCUT2D eigenvalue weighted by molar-refractivity contribution is 5.88. The third-order valence-corrected chi connectivity index (χ3v) is 4.03. The summed E-state index contributed by atoms with van der Waals surface area (Å²) in [6.07, 6.45) is 10.3. The Kier molecular flexibility index (Phi) is 4.75. The Hall–Kier alpha value is -1.16. The van der Waals surface area contributed by atoms with E-state index in [-0.39, 0.29) is 12.2 Å². The Bertz CT molecular complexity index is 418. The van der Waals surface area contributed by atoms with E-state index in [9.17, 15) is 9.90 Å². The second kappa shape index (κ2) is 6.33. The van der Waals surface area contributed by atoms with E-state index in [0.29, 0.717) is 12.8 Å². The lowest BCUT2D eigenvalue weighted by molar-refractivity contribution is -0.138. The zero-order valence-corrected chi connectivity index (χ0v) is 11.8. The first kappa shape index (κ1) is 14.3. The van der Waals surface area contributed by atoms with Crippen LogP contribution in [0.1, 0.15) is 57.7 Å². The van der Waals surface area contributed by atoms with Gasteiger partial charge < -0.3 is 9.67 Å². The minimum Gasteiger partial charge on any atom is -0.382 e. The maximum absolute atomic E-state index is 12.4. The van der Waals surface area contributed by atoms with Crippen molar-refractivity contribution in [3.63, 3.8) is 0 Å². The molecule has 1 aliphatic rings. The summed E-state index contributed by atoms with van der Waals surface area (Å²) >= 11 is 0. The van der Waals surface area contributed by atoms with Crippen molar-refractivity contribution >= 4 is 5.78 Å². The van der Waals surface area contributed by atoms with Gasteiger partial charge in [-0.25, -0.2) is 4.98 Å². The topological polar surface area (TPSA) is 55.1 Å². The quantitative estimate of drug-likeness (QED) is 0.831. The van der Waals surface area contributed by atoms with E-state index < -0.39 is 5.60 Å². The summed E-state index contributed by atoms with van der Waals surface area (Å²) in [6, 6.07) is 0. The molecule has 2 rings (SSSR count). The normalized spacial score (nSPS) is 19.1. The van der Waals surface area contributed by atoms with Gasteiger partial charge in [-0.3, -0.25) is 4.79 Å². The molecule has 1 aliphatic carbocycles. The first-order valence-electron chi connectivity index (χ1n) is 7.41. The van der Waals surface area contributed by atoms with Crippen molar-refractivity contribution in [2.45, 2.75) is 70.4 Å². The molecule has 0 atom stereocenters. The Morgan fingerprint density at radius 3 is 2.68 bits per heavy atom. The van der Waals surface area contributed by atoms with E-state index in [1.54, 1.807) is 6.20 Å². The number of rotatable bonds is 5. The molecule has 0 saturated heterocycles. The first-order valence-corrected chi connectivity index (χ1v) is 7.41. The van der Waals surface area contributed by atoms with Crippen LogP contribution in [0.3, 0.4) is 0 Å². The molecule has 0 aliphatic heterocycles. The summed E-state index contributed by atoms with van der Waals surface area (Å²) in [6.45, 7) is 2.98. The van der Waals surface area contributed by atoms with E-state index in [1.165, 1.54) is 0 Å².